The first kappa shape index (κ1) is 22.2. The molecule has 2 heterocycles. The van der Waals surface area contributed by atoms with Crippen LogP contribution in [-0.2, 0) is 13.6 Å². The number of hydrogen-bond donors (Lipinski definition) is 2. The highest BCUT2D eigenvalue weighted by atomic mass is 127. The summed E-state index contributed by atoms with van der Waals surface area (Å²) in [5, 5.41) is 11.5. The molecule has 0 radical (unpaired) electrons. The fourth-order valence-corrected chi connectivity index (χ4v) is 3.28. The second-order valence-electron chi connectivity index (χ2n) is 7.02. The van der Waals surface area contributed by atoms with Gasteiger partial charge in [-0.2, -0.15) is 5.10 Å². The number of aliphatic imine (C=N–C) groups is 1. The summed E-state index contributed by atoms with van der Waals surface area (Å²) in [5.74, 6) is 0.920. The van der Waals surface area contributed by atoms with Gasteiger partial charge in [0, 0.05) is 50.0 Å². The molecule has 1 aliphatic rings. The molecule has 1 fully saturated rings. The van der Waals surface area contributed by atoms with Crippen LogP contribution in [0.15, 0.2) is 4.99 Å². The van der Waals surface area contributed by atoms with E-state index in [1.165, 1.54) is 24.1 Å². The molecule has 1 aromatic rings. The zero-order valence-electron chi connectivity index (χ0n) is 16.6. The molecule has 1 aromatic heterocycles. The van der Waals surface area contributed by atoms with E-state index in [0.717, 1.165) is 31.3 Å². The molecule has 0 aromatic carbocycles. The number of guanidine groups is 1. The largest absolute Gasteiger partial charge is 0.357 e. The summed E-state index contributed by atoms with van der Waals surface area (Å²) in [5.41, 5.74) is 3.49. The van der Waals surface area contributed by atoms with Gasteiger partial charge >= 0.3 is 0 Å². The van der Waals surface area contributed by atoms with Crippen molar-refractivity contribution in [1.29, 1.82) is 0 Å². The van der Waals surface area contributed by atoms with E-state index in [1.807, 2.05) is 11.7 Å². The van der Waals surface area contributed by atoms with Gasteiger partial charge in [-0.05, 0) is 47.5 Å². The van der Waals surface area contributed by atoms with E-state index in [2.05, 4.69) is 55.3 Å². The Morgan fingerprint density at radius 2 is 1.92 bits per heavy atom. The van der Waals surface area contributed by atoms with Crippen LogP contribution in [0, 0.1) is 13.8 Å². The minimum Gasteiger partial charge on any atom is -0.357 e. The van der Waals surface area contributed by atoms with Crippen LogP contribution in [0.1, 0.15) is 50.6 Å². The van der Waals surface area contributed by atoms with Crippen LogP contribution in [0.2, 0.25) is 0 Å². The Morgan fingerprint density at radius 1 is 1.28 bits per heavy atom. The van der Waals surface area contributed by atoms with Crippen molar-refractivity contribution in [2.75, 3.05) is 19.6 Å². The molecule has 144 valence electrons. The van der Waals surface area contributed by atoms with E-state index in [4.69, 9.17) is 4.99 Å². The van der Waals surface area contributed by atoms with Gasteiger partial charge in [-0.25, -0.2) is 4.99 Å². The van der Waals surface area contributed by atoms with Gasteiger partial charge in [0.1, 0.15) is 0 Å². The first-order chi connectivity index (χ1) is 11.4. The zero-order valence-corrected chi connectivity index (χ0v) is 18.9. The summed E-state index contributed by atoms with van der Waals surface area (Å²) in [6.07, 6.45) is 2.35. The number of nitrogens with zero attached hydrogens (tertiary/aromatic N) is 4. The van der Waals surface area contributed by atoms with Crippen molar-refractivity contribution in [3.05, 3.63) is 17.0 Å². The second-order valence-corrected chi connectivity index (χ2v) is 7.02. The van der Waals surface area contributed by atoms with Gasteiger partial charge in [0.05, 0.1) is 12.2 Å². The third kappa shape index (κ3) is 6.13. The van der Waals surface area contributed by atoms with Crippen molar-refractivity contribution in [1.82, 2.24) is 25.3 Å². The first-order valence-electron chi connectivity index (χ1n) is 9.20. The van der Waals surface area contributed by atoms with Gasteiger partial charge in [0.15, 0.2) is 5.96 Å². The number of aromatic nitrogens is 2. The molecule has 1 aliphatic heterocycles. The van der Waals surface area contributed by atoms with E-state index < -0.39 is 0 Å². The number of halogens is 1. The Labute approximate surface area is 169 Å². The summed E-state index contributed by atoms with van der Waals surface area (Å²) in [6, 6.07) is 1.15. The molecule has 2 N–H and O–H groups in total. The van der Waals surface area contributed by atoms with Crippen LogP contribution in [0.3, 0.4) is 0 Å². The third-order valence-corrected chi connectivity index (χ3v) is 5.00. The van der Waals surface area contributed by atoms with Gasteiger partial charge in [-0.1, -0.05) is 0 Å². The Hall–Kier alpha value is -0.830. The SMILES string of the molecule is CCNC(=NCc1c(C)nn(C)c1C)NC1CCN(C(C)C)CC1.I. The monoisotopic (exact) mass is 462 g/mol. The van der Waals surface area contributed by atoms with Gasteiger partial charge in [-0.3, -0.25) is 4.68 Å². The molecule has 2 rings (SSSR count). The number of aryl methyl sites for hydroxylation is 2. The van der Waals surface area contributed by atoms with E-state index in [-0.39, 0.29) is 24.0 Å². The topological polar surface area (TPSA) is 57.5 Å². The van der Waals surface area contributed by atoms with Gasteiger partial charge < -0.3 is 15.5 Å². The standard InChI is InChI=1S/C18H34N6.HI/c1-7-19-18(20-12-17-14(4)22-23(6)15(17)5)21-16-8-10-24(11-9-16)13(2)3;/h13,16H,7-12H2,1-6H3,(H2,19,20,21);1H. The molecule has 0 amide bonds. The zero-order chi connectivity index (χ0) is 17.7. The van der Waals surface area contributed by atoms with Crippen molar-refractivity contribution >= 4 is 29.9 Å². The Bertz CT molecular complexity index is 558. The second kappa shape index (κ2) is 10.4. The average molecular weight is 462 g/mol. The van der Waals surface area contributed by atoms with Crippen LogP contribution < -0.4 is 10.6 Å². The number of rotatable bonds is 5. The lowest BCUT2D eigenvalue weighted by atomic mass is 10.0. The lowest BCUT2D eigenvalue weighted by Gasteiger charge is -2.35. The number of piperidine rings is 1. The molecule has 0 aliphatic carbocycles. The molecular weight excluding hydrogens is 427 g/mol. The Balaban J connectivity index is 0.00000312. The van der Waals surface area contributed by atoms with Crippen molar-refractivity contribution in [3.63, 3.8) is 0 Å². The summed E-state index contributed by atoms with van der Waals surface area (Å²) in [7, 11) is 1.99. The molecule has 1 saturated heterocycles. The maximum absolute atomic E-state index is 4.79. The maximum atomic E-state index is 4.79. The van der Waals surface area contributed by atoms with Crippen LogP contribution >= 0.6 is 24.0 Å². The van der Waals surface area contributed by atoms with Gasteiger partial charge in [0.25, 0.3) is 0 Å². The molecule has 7 heteroatoms. The van der Waals surface area contributed by atoms with E-state index in [0.29, 0.717) is 18.6 Å². The van der Waals surface area contributed by atoms with Crippen molar-refractivity contribution in [3.8, 4) is 0 Å². The predicted molar refractivity (Wildman–Crippen MR) is 116 cm³/mol. The van der Waals surface area contributed by atoms with Crippen molar-refractivity contribution in [2.24, 2.45) is 12.0 Å². The number of nitrogens with one attached hydrogen (secondary N) is 2. The normalized spacial score (nSPS) is 16.8. The van der Waals surface area contributed by atoms with Gasteiger partial charge in [0.2, 0.25) is 0 Å². The Morgan fingerprint density at radius 3 is 2.40 bits per heavy atom. The lowest BCUT2D eigenvalue weighted by molar-refractivity contribution is 0.167. The summed E-state index contributed by atoms with van der Waals surface area (Å²) >= 11 is 0. The minimum atomic E-state index is 0. The van der Waals surface area contributed by atoms with E-state index >= 15 is 0 Å². The van der Waals surface area contributed by atoms with Crippen LogP contribution in [-0.4, -0.2) is 52.4 Å². The molecular formula is C18H35IN6. The van der Waals surface area contributed by atoms with Crippen molar-refractivity contribution in [2.45, 2.75) is 66.1 Å². The van der Waals surface area contributed by atoms with Crippen LogP contribution in [0.4, 0.5) is 0 Å². The first-order valence-corrected chi connectivity index (χ1v) is 9.20. The molecule has 0 bridgehead atoms. The molecule has 0 spiro atoms. The summed E-state index contributed by atoms with van der Waals surface area (Å²) in [6.45, 7) is 14.7. The van der Waals surface area contributed by atoms with Crippen LogP contribution in [0.25, 0.3) is 0 Å². The molecule has 6 nitrogen and oxygen atoms in total. The highest BCUT2D eigenvalue weighted by Gasteiger charge is 2.21. The fourth-order valence-electron chi connectivity index (χ4n) is 3.28. The van der Waals surface area contributed by atoms with Gasteiger partial charge in [-0.15, -0.1) is 24.0 Å². The van der Waals surface area contributed by atoms with E-state index in [1.54, 1.807) is 0 Å². The highest BCUT2D eigenvalue weighted by Crippen LogP contribution is 2.14. The van der Waals surface area contributed by atoms with E-state index in [9.17, 15) is 0 Å². The summed E-state index contributed by atoms with van der Waals surface area (Å²) < 4.78 is 1.93. The molecule has 0 atom stereocenters. The fraction of sp³-hybridized carbons (Fsp3) is 0.778. The predicted octanol–water partition coefficient (Wildman–Crippen LogP) is 2.58. The molecule has 25 heavy (non-hydrogen) atoms. The Kier molecular flexibility index (Phi) is 9.20. The smallest absolute Gasteiger partial charge is 0.191 e. The minimum absolute atomic E-state index is 0. The average Bonchev–Trinajstić information content (AvgIpc) is 2.78. The lowest BCUT2D eigenvalue weighted by Crippen LogP contribution is -2.49. The maximum Gasteiger partial charge on any atom is 0.191 e. The van der Waals surface area contributed by atoms with Crippen molar-refractivity contribution < 1.29 is 0 Å². The van der Waals surface area contributed by atoms with Crippen LogP contribution in [0.5, 0.6) is 0 Å². The quantitative estimate of drug-likeness (QED) is 0.401. The molecule has 0 unspecified atom stereocenters. The number of likely N-dealkylation sites (tertiary alicyclic amines) is 1. The molecule has 0 saturated carbocycles. The summed E-state index contributed by atoms with van der Waals surface area (Å²) in [4.78, 5) is 7.34. The third-order valence-electron chi connectivity index (χ3n) is 5.00. The number of hydrogen-bond acceptors (Lipinski definition) is 3. The highest BCUT2D eigenvalue weighted by molar-refractivity contribution is 14.0.